The fraction of sp³-hybridized carbons (Fsp3) is 0.312. The molecule has 0 aliphatic rings. The topological polar surface area (TPSA) is 45.1 Å². The summed E-state index contributed by atoms with van der Waals surface area (Å²) in [5, 5.41) is 14.3. The van der Waals surface area contributed by atoms with Gasteiger partial charge in [-0.25, -0.2) is 0 Å². The lowest BCUT2D eigenvalue weighted by Gasteiger charge is -2.25. The third-order valence-corrected chi connectivity index (χ3v) is 3.53. The molecule has 0 radical (unpaired) electrons. The van der Waals surface area contributed by atoms with Crippen molar-refractivity contribution in [2.75, 3.05) is 6.54 Å². The Hall–Kier alpha value is -1.42. The van der Waals surface area contributed by atoms with Gasteiger partial charge in [0.1, 0.15) is 5.60 Å². The average Bonchev–Trinajstić information content (AvgIpc) is 2.41. The van der Waals surface area contributed by atoms with Crippen LogP contribution in [0.5, 0.6) is 0 Å². The van der Waals surface area contributed by atoms with E-state index in [2.05, 4.69) is 10.3 Å². The van der Waals surface area contributed by atoms with Crippen molar-refractivity contribution >= 4 is 11.6 Å². The molecule has 0 saturated heterocycles. The number of hydrogen-bond acceptors (Lipinski definition) is 3. The number of aryl methyl sites for hydroxylation is 1. The summed E-state index contributed by atoms with van der Waals surface area (Å²) in [4.78, 5) is 4.32. The predicted molar refractivity (Wildman–Crippen MR) is 81.7 cm³/mol. The highest BCUT2D eigenvalue weighted by atomic mass is 35.5. The summed E-state index contributed by atoms with van der Waals surface area (Å²) >= 11 is 6.12. The van der Waals surface area contributed by atoms with Gasteiger partial charge in [0.15, 0.2) is 0 Å². The highest BCUT2D eigenvalue weighted by Crippen LogP contribution is 2.27. The Labute approximate surface area is 124 Å². The molecular weight excluding hydrogens is 272 g/mol. The van der Waals surface area contributed by atoms with Crippen LogP contribution in [-0.4, -0.2) is 16.6 Å². The summed E-state index contributed by atoms with van der Waals surface area (Å²) in [6.07, 6.45) is 1.84. The average molecular weight is 291 g/mol. The van der Waals surface area contributed by atoms with E-state index >= 15 is 0 Å². The molecule has 1 aromatic carbocycles. The number of pyridine rings is 1. The minimum Gasteiger partial charge on any atom is -0.384 e. The van der Waals surface area contributed by atoms with Crippen LogP contribution in [0.1, 0.15) is 23.7 Å². The highest BCUT2D eigenvalue weighted by molar-refractivity contribution is 6.31. The van der Waals surface area contributed by atoms with Crippen molar-refractivity contribution in [3.05, 3.63) is 64.4 Å². The number of halogens is 1. The van der Waals surface area contributed by atoms with Gasteiger partial charge in [0.2, 0.25) is 0 Å². The Kier molecular flexibility index (Phi) is 4.76. The first kappa shape index (κ1) is 15.0. The van der Waals surface area contributed by atoms with Crippen LogP contribution in [0.25, 0.3) is 0 Å². The van der Waals surface area contributed by atoms with Gasteiger partial charge in [0.05, 0.1) is 5.69 Å². The van der Waals surface area contributed by atoms with E-state index in [1.807, 2.05) is 43.5 Å². The minimum absolute atomic E-state index is 0.409. The molecule has 1 heterocycles. The van der Waals surface area contributed by atoms with Crippen LogP contribution in [0.15, 0.2) is 42.6 Å². The largest absolute Gasteiger partial charge is 0.384 e. The van der Waals surface area contributed by atoms with Crippen LogP contribution < -0.4 is 5.32 Å². The van der Waals surface area contributed by atoms with Gasteiger partial charge in [-0.05, 0) is 31.5 Å². The van der Waals surface area contributed by atoms with Gasteiger partial charge in [-0.1, -0.05) is 35.9 Å². The van der Waals surface area contributed by atoms with E-state index in [1.54, 1.807) is 13.0 Å². The zero-order chi connectivity index (χ0) is 14.6. The van der Waals surface area contributed by atoms with Crippen LogP contribution in [0.4, 0.5) is 0 Å². The molecule has 1 atom stereocenters. The van der Waals surface area contributed by atoms with E-state index in [1.165, 1.54) is 0 Å². The van der Waals surface area contributed by atoms with Crippen LogP contribution >= 0.6 is 11.6 Å². The quantitative estimate of drug-likeness (QED) is 0.890. The second kappa shape index (κ2) is 6.35. The molecule has 20 heavy (non-hydrogen) atoms. The molecule has 2 rings (SSSR count). The Morgan fingerprint density at radius 1 is 1.25 bits per heavy atom. The molecule has 0 fully saturated rings. The van der Waals surface area contributed by atoms with Crippen molar-refractivity contribution < 1.29 is 5.11 Å². The summed E-state index contributed by atoms with van der Waals surface area (Å²) in [6.45, 7) is 4.78. The maximum Gasteiger partial charge on any atom is 0.101 e. The first-order chi connectivity index (χ1) is 9.49. The SMILES string of the molecule is Cc1ccc(CNCC(C)(O)c2ccccc2Cl)nc1. The Morgan fingerprint density at radius 2 is 2.00 bits per heavy atom. The van der Waals surface area contributed by atoms with Gasteiger partial charge in [-0.2, -0.15) is 0 Å². The zero-order valence-electron chi connectivity index (χ0n) is 11.7. The summed E-state index contributed by atoms with van der Waals surface area (Å²) in [6, 6.07) is 11.4. The van der Waals surface area contributed by atoms with Gasteiger partial charge >= 0.3 is 0 Å². The highest BCUT2D eigenvalue weighted by Gasteiger charge is 2.24. The summed E-state index contributed by atoms with van der Waals surface area (Å²) in [7, 11) is 0. The predicted octanol–water partition coefficient (Wildman–Crippen LogP) is 3.04. The van der Waals surface area contributed by atoms with Gasteiger partial charge in [0.25, 0.3) is 0 Å². The third-order valence-electron chi connectivity index (χ3n) is 3.20. The summed E-state index contributed by atoms with van der Waals surface area (Å²) in [5.74, 6) is 0. The van der Waals surface area contributed by atoms with E-state index in [0.29, 0.717) is 18.1 Å². The number of aromatic nitrogens is 1. The molecule has 0 aliphatic heterocycles. The monoisotopic (exact) mass is 290 g/mol. The second-order valence-corrected chi connectivity index (χ2v) is 5.59. The normalized spacial score (nSPS) is 14.0. The van der Waals surface area contributed by atoms with Gasteiger partial charge in [-0.15, -0.1) is 0 Å². The zero-order valence-corrected chi connectivity index (χ0v) is 12.5. The number of nitrogens with one attached hydrogen (secondary N) is 1. The number of benzene rings is 1. The lowest BCUT2D eigenvalue weighted by Crippen LogP contribution is -2.35. The number of nitrogens with zero attached hydrogens (tertiary/aromatic N) is 1. The van der Waals surface area contributed by atoms with Gasteiger partial charge < -0.3 is 10.4 Å². The molecule has 0 bridgehead atoms. The smallest absolute Gasteiger partial charge is 0.101 e. The molecule has 1 unspecified atom stereocenters. The van der Waals surface area contributed by atoms with Crippen LogP contribution in [0, 0.1) is 6.92 Å². The van der Waals surface area contributed by atoms with E-state index in [9.17, 15) is 5.11 Å². The number of aliphatic hydroxyl groups is 1. The molecule has 2 aromatic rings. The molecule has 106 valence electrons. The molecule has 2 N–H and O–H groups in total. The molecule has 3 nitrogen and oxygen atoms in total. The Morgan fingerprint density at radius 3 is 2.65 bits per heavy atom. The Balaban J connectivity index is 1.96. The van der Waals surface area contributed by atoms with Crippen molar-refractivity contribution in [1.29, 1.82) is 0 Å². The van der Waals surface area contributed by atoms with Crippen LogP contribution in [0.2, 0.25) is 5.02 Å². The fourth-order valence-electron chi connectivity index (χ4n) is 2.03. The molecule has 0 aliphatic carbocycles. The molecule has 1 aromatic heterocycles. The van der Waals surface area contributed by atoms with E-state index in [0.717, 1.165) is 16.8 Å². The maximum absolute atomic E-state index is 10.5. The molecule has 4 heteroatoms. The lowest BCUT2D eigenvalue weighted by atomic mass is 9.96. The van der Waals surface area contributed by atoms with Crippen molar-refractivity contribution in [1.82, 2.24) is 10.3 Å². The third kappa shape index (κ3) is 3.79. The van der Waals surface area contributed by atoms with Crippen LogP contribution in [0.3, 0.4) is 0 Å². The van der Waals surface area contributed by atoms with E-state index in [4.69, 9.17) is 11.6 Å². The van der Waals surface area contributed by atoms with Crippen molar-refractivity contribution in [3.8, 4) is 0 Å². The van der Waals surface area contributed by atoms with Gasteiger partial charge in [-0.3, -0.25) is 4.98 Å². The second-order valence-electron chi connectivity index (χ2n) is 5.18. The van der Waals surface area contributed by atoms with E-state index in [-0.39, 0.29) is 0 Å². The first-order valence-electron chi connectivity index (χ1n) is 6.59. The standard InChI is InChI=1S/C16H19ClN2O/c1-12-7-8-13(19-9-12)10-18-11-16(2,20)14-5-3-4-6-15(14)17/h3-9,18,20H,10-11H2,1-2H3. The molecule has 0 amide bonds. The number of rotatable bonds is 5. The molecular formula is C16H19ClN2O. The van der Waals surface area contributed by atoms with Gasteiger partial charge in [0, 0.05) is 29.9 Å². The summed E-state index contributed by atoms with van der Waals surface area (Å²) in [5.41, 5.74) is 1.80. The first-order valence-corrected chi connectivity index (χ1v) is 6.96. The number of hydrogen-bond donors (Lipinski definition) is 2. The van der Waals surface area contributed by atoms with Crippen molar-refractivity contribution in [3.63, 3.8) is 0 Å². The Bertz CT molecular complexity index is 567. The molecule has 0 spiro atoms. The van der Waals surface area contributed by atoms with Crippen molar-refractivity contribution in [2.24, 2.45) is 0 Å². The van der Waals surface area contributed by atoms with Crippen molar-refractivity contribution in [2.45, 2.75) is 26.0 Å². The fourth-order valence-corrected chi connectivity index (χ4v) is 2.37. The lowest BCUT2D eigenvalue weighted by molar-refractivity contribution is 0.0567. The minimum atomic E-state index is -1.01. The van der Waals surface area contributed by atoms with E-state index < -0.39 is 5.60 Å². The van der Waals surface area contributed by atoms with Crippen LogP contribution in [-0.2, 0) is 12.1 Å². The molecule has 0 saturated carbocycles. The summed E-state index contributed by atoms with van der Waals surface area (Å²) < 4.78 is 0. The maximum atomic E-state index is 10.5.